The van der Waals surface area contributed by atoms with Crippen LogP contribution in [0.25, 0.3) is 6.08 Å². The van der Waals surface area contributed by atoms with Crippen molar-refractivity contribution >= 4 is 31.2 Å². The minimum atomic E-state index is -11.2. The van der Waals surface area contributed by atoms with E-state index in [2.05, 4.69) is 48.2 Å². The van der Waals surface area contributed by atoms with Crippen molar-refractivity contribution in [1.29, 1.82) is 0 Å². The van der Waals surface area contributed by atoms with E-state index >= 15 is 0 Å². The Hall–Kier alpha value is -0.842. The van der Waals surface area contributed by atoms with Gasteiger partial charge in [-0.1, -0.05) is 43.7 Å². The summed E-state index contributed by atoms with van der Waals surface area (Å²) in [5.41, 5.74) is 2.75. The van der Waals surface area contributed by atoms with Gasteiger partial charge in [0.05, 0.1) is 0 Å². The van der Waals surface area contributed by atoms with Gasteiger partial charge in [0.1, 0.15) is 0 Å². The third-order valence-electron chi connectivity index (χ3n) is 2.68. The minimum absolute atomic E-state index is 1.07. The zero-order chi connectivity index (χ0) is 16.2. The molecular formula is C13H17F6NSb-. The number of fused-ring (bicyclic) bond motifs is 1. The van der Waals surface area contributed by atoms with Gasteiger partial charge in [-0.3, -0.25) is 0 Å². The van der Waals surface area contributed by atoms with Crippen LogP contribution in [0.15, 0.2) is 30.3 Å². The van der Waals surface area contributed by atoms with E-state index in [-0.39, 0.29) is 0 Å². The van der Waals surface area contributed by atoms with E-state index in [1.54, 1.807) is 0 Å². The first-order valence-electron chi connectivity index (χ1n) is 6.43. The Morgan fingerprint density at radius 3 is 2.19 bits per heavy atom. The van der Waals surface area contributed by atoms with Crippen molar-refractivity contribution in [1.82, 2.24) is 0 Å². The standard InChI is InChI=1S/C13H17N.6FH.Sb/c1-2-3-10-14-11-6-8-12-7-4-5-9-13(12)14;;;;;;;/h4-9H,2-3,10-11H2,1H3;6*1H;/q;;;;;;;+5/p-6. The van der Waals surface area contributed by atoms with E-state index in [9.17, 15) is 16.9 Å². The molecule has 122 valence electrons. The van der Waals surface area contributed by atoms with Gasteiger partial charge in [-0.2, -0.15) is 0 Å². The number of para-hydroxylation sites is 1. The molecule has 0 fully saturated rings. The SMILES string of the molecule is CCCCN1CC=Cc2ccccc21.[F][Sb-]([F])([F])([F])([F])[F]. The Morgan fingerprint density at radius 1 is 1.05 bits per heavy atom. The number of hydrogen-bond acceptors (Lipinski definition) is 1. The summed E-state index contributed by atoms with van der Waals surface area (Å²) in [4.78, 5) is 2.46. The molecule has 2 rings (SSSR count). The fourth-order valence-corrected chi connectivity index (χ4v) is 1.88. The van der Waals surface area contributed by atoms with Gasteiger partial charge in [0.15, 0.2) is 0 Å². The molecule has 0 N–H and O–H groups in total. The van der Waals surface area contributed by atoms with Gasteiger partial charge in [0, 0.05) is 18.8 Å². The molecule has 0 saturated carbocycles. The molecule has 0 bridgehead atoms. The Balaban J connectivity index is 0.000000270. The first-order chi connectivity index (χ1) is 9.36. The molecule has 0 aromatic heterocycles. The fraction of sp³-hybridized carbons (Fsp3) is 0.385. The van der Waals surface area contributed by atoms with Crippen molar-refractivity contribution in [3.8, 4) is 0 Å². The summed E-state index contributed by atoms with van der Waals surface area (Å²) >= 11 is -11.2. The second kappa shape index (κ2) is 5.75. The summed E-state index contributed by atoms with van der Waals surface area (Å²) in [5, 5.41) is 0. The second-order valence-electron chi connectivity index (χ2n) is 4.72. The van der Waals surface area contributed by atoms with Gasteiger partial charge in [0.2, 0.25) is 0 Å². The van der Waals surface area contributed by atoms with E-state index in [0.29, 0.717) is 0 Å². The summed E-state index contributed by atoms with van der Waals surface area (Å²) < 4.78 is 59.6. The van der Waals surface area contributed by atoms with Gasteiger partial charge in [-0.25, -0.2) is 0 Å². The maximum atomic E-state index is 9.93. The molecule has 0 amide bonds. The zero-order valence-electron chi connectivity index (χ0n) is 11.5. The van der Waals surface area contributed by atoms with E-state index < -0.39 is 19.5 Å². The van der Waals surface area contributed by atoms with E-state index in [1.807, 2.05) is 0 Å². The normalized spacial score (nSPS) is 17.2. The molecule has 1 aromatic rings. The van der Waals surface area contributed by atoms with Gasteiger partial charge < -0.3 is 4.90 Å². The third kappa shape index (κ3) is 9.66. The molecule has 8 heteroatoms. The fourth-order valence-electron chi connectivity index (χ4n) is 1.88. The number of rotatable bonds is 3. The predicted octanol–water partition coefficient (Wildman–Crippen LogP) is 5.46. The predicted molar refractivity (Wildman–Crippen MR) is 75.0 cm³/mol. The Morgan fingerprint density at radius 2 is 1.62 bits per heavy atom. The summed E-state index contributed by atoms with van der Waals surface area (Å²) in [6.45, 7) is 4.49. The topological polar surface area (TPSA) is 3.24 Å². The van der Waals surface area contributed by atoms with Crippen LogP contribution in [0, 0.1) is 0 Å². The molecular weight excluding hydrogens is 406 g/mol. The van der Waals surface area contributed by atoms with Crippen molar-refractivity contribution in [2.75, 3.05) is 18.0 Å². The van der Waals surface area contributed by atoms with Gasteiger partial charge in [-0.15, -0.1) is 0 Å². The van der Waals surface area contributed by atoms with E-state index in [4.69, 9.17) is 0 Å². The number of halogens is 6. The summed E-state index contributed by atoms with van der Waals surface area (Å²) in [5.74, 6) is 0. The monoisotopic (exact) mass is 422 g/mol. The first-order valence-corrected chi connectivity index (χ1v) is 12.2. The van der Waals surface area contributed by atoms with Crippen LogP contribution >= 0.6 is 0 Å². The molecule has 0 aliphatic carbocycles. The van der Waals surface area contributed by atoms with E-state index in [1.165, 1.54) is 30.6 Å². The Bertz CT molecular complexity index is 497. The van der Waals surface area contributed by atoms with Crippen LogP contribution in [-0.4, -0.2) is 32.6 Å². The first kappa shape index (κ1) is 18.2. The van der Waals surface area contributed by atoms with Crippen molar-refractivity contribution in [2.24, 2.45) is 0 Å². The molecule has 1 aromatic carbocycles. The molecule has 0 spiro atoms. The molecule has 1 heterocycles. The molecule has 0 radical (unpaired) electrons. The number of benzene rings is 1. The van der Waals surface area contributed by atoms with Crippen LogP contribution in [0.2, 0.25) is 0 Å². The molecule has 1 aliphatic rings. The van der Waals surface area contributed by atoms with Gasteiger partial charge in [0.25, 0.3) is 0 Å². The number of nitrogens with zero attached hydrogens (tertiary/aromatic N) is 1. The Labute approximate surface area is 122 Å². The van der Waals surface area contributed by atoms with Crippen LogP contribution in [0.3, 0.4) is 0 Å². The second-order valence-corrected chi connectivity index (χ2v) is 10.2. The van der Waals surface area contributed by atoms with Crippen LogP contribution in [0.5, 0.6) is 0 Å². The van der Waals surface area contributed by atoms with Crippen LogP contribution in [0.4, 0.5) is 22.6 Å². The summed E-state index contributed by atoms with van der Waals surface area (Å²) in [6, 6.07) is 8.63. The third-order valence-corrected chi connectivity index (χ3v) is 2.68. The quantitative estimate of drug-likeness (QED) is 0.461. The van der Waals surface area contributed by atoms with Crippen LogP contribution in [0.1, 0.15) is 25.3 Å². The van der Waals surface area contributed by atoms with Crippen LogP contribution in [-0.2, 0) is 0 Å². The van der Waals surface area contributed by atoms with Crippen LogP contribution < -0.4 is 4.90 Å². The van der Waals surface area contributed by atoms with Crippen molar-refractivity contribution in [3.63, 3.8) is 0 Å². The van der Waals surface area contributed by atoms with Crippen molar-refractivity contribution < 1.29 is 16.9 Å². The molecule has 0 atom stereocenters. The molecule has 0 unspecified atom stereocenters. The maximum absolute atomic E-state index is 11.2. The number of unbranched alkanes of at least 4 members (excludes halogenated alkanes) is 1. The summed E-state index contributed by atoms with van der Waals surface area (Å²) in [7, 11) is 0. The van der Waals surface area contributed by atoms with Crippen molar-refractivity contribution in [2.45, 2.75) is 19.8 Å². The van der Waals surface area contributed by atoms with Gasteiger partial charge in [-0.05, 0) is 18.1 Å². The summed E-state index contributed by atoms with van der Waals surface area (Å²) in [6.07, 6.45) is 7.01. The average Bonchev–Trinajstić information content (AvgIpc) is 2.32. The molecule has 1 aliphatic heterocycles. The van der Waals surface area contributed by atoms with Gasteiger partial charge >= 0.3 is 36.4 Å². The molecule has 21 heavy (non-hydrogen) atoms. The number of anilines is 1. The zero-order valence-corrected chi connectivity index (χ0v) is 14.0. The van der Waals surface area contributed by atoms with E-state index in [0.717, 1.165) is 6.54 Å². The Kier molecular flexibility index (Phi) is 4.98. The van der Waals surface area contributed by atoms with Crippen molar-refractivity contribution in [3.05, 3.63) is 35.9 Å². The molecule has 1 nitrogen and oxygen atoms in total. The average molecular weight is 423 g/mol. The number of hydrogen-bond donors (Lipinski definition) is 0. The molecule has 0 saturated heterocycles.